The lowest BCUT2D eigenvalue weighted by Crippen LogP contribution is -2.39. The van der Waals surface area contributed by atoms with E-state index in [4.69, 9.17) is 37.4 Å². The van der Waals surface area contributed by atoms with Crippen LogP contribution >= 0.6 is 22.9 Å². The van der Waals surface area contributed by atoms with Crippen molar-refractivity contribution in [3.8, 4) is 12.1 Å². The third kappa shape index (κ3) is 2.62. The van der Waals surface area contributed by atoms with Gasteiger partial charge in [0.2, 0.25) is 0 Å². The molecule has 2 unspecified atom stereocenters. The maximum Gasteiger partial charge on any atom is 0.346 e. The lowest BCUT2D eigenvalue weighted by Gasteiger charge is -2.27. The molecule has 0 radical (unpaired) electrons. The van der Waals surface area contributed by atoms with Crippen molar-refractivity contribution in [2.24, 2.45) is 0 Å². The van der Waals surface area contributed by atoms with Crippen LogP contribution in [0.25, 0.3) is 0 Å². The van der Waals surface area contributed by atoms with Gasteiger partial charge in [-0.15, -0.1) is 11.1 Å². The maximum absolute atomic E-state index is 8.88. The summed E-state index contributed by atoms with van der Waals surface area (Å²) in [6.45, 7) is 3.66. The third-order valence-corrected chi connectivity index (χ3v) is 8.22. The molecule has 0 rings (SSSR count). The Balaban J connectivity index is 4.97. The van der Waals surface area contributed by atoms with Crippen molar-refractivity contribution in [1.82, 2.24) is 0 Å². The monoisotopic (exact) mass is 250 g/mol. The van der Waals surface area contributed by atoms with E-state index in [0.29, 0.717) is 12.8 Å². The van der Waals surface area contributed by atoms with E-state index in [0.717, 1.165) is 0 Å². The van der Waals surface area contributed by atoms with E-state index in [-0.39, 0.29) is 0 Å². The van der Waals surface area contributed by atoms with Gasteiger partial charge in [0.25, 0.3) is 0 Å². The lowest BCUT2D eigenvalue weighted by molar-refractivity contribution is 0.577. The quantitative estimate of drug-likeness (QED) is 0.555. The van der Waals surface area contributed by atoms with E-state index < -0.39 is 18.7 Å². The van der Waals surface area contributed by atoms with Crippen LogP contribution in [-0.2, 0) is 3.98 Å². The Labute approximate surface area is 95.2 Å². The summed E-state index contributed by atoms with van der Waals surface area (Å²) < 4.78 is 4.76. The normalized spacial score (nSPS) is 18.7. The summed E-state index contributed by atoms with van der Waals surface area (Å²) in [5, 5.41) is 17.8. The van der Waals surface area contributed by atoms with Crippen LogP contribution in [0.5, 0.6) is 0 Å². The zero-order chi connectivity index (χ0) is 11.2. The molecule has 0 heterocycles. The fourth-order valence-electron chi connectivity index (χ4n) is 1.27. The zero-order valence-electron chi connectivity index (χ0n) is 8.13. The number of hydrogen-bond acceptors (Lipinski definition) is 3. The standard InChI is InChI=1S/C8H12Cl2N2OSi/c1-3-7(5-11)14(10,13-9)8(4-2)6-12/h7-8H,3-4H2,1-2H3. The van der Waals surface area contributed by atoms with Crippen LogP contribution in [0.3, 0.4) is 0 Å². The molecule has 0 aliphatic carbocycles. The lowest BCUT2D eigenvalue weighted by atomic mass is 10.3. The van der Waals surface area contributed by atoms with Gasteiger partial charge in [-0.2, -0.15) is 10.5 Å². The Hall–Kier alpha value is -0.263. The summed E-state index contributed by atoms with van der Waals surface area (Å²) >= 11 is 11.5. The molecule has 0 aliphatic heterocycles. The second-order valence-corrected chi connectivity index (χ2v) is 8.13. The maximum atomic E-state index is 8.88. The molecule has 78 valence electrons. The first-order chi connectivity index (χ1) is 6.60. The number of nitrogens with zero attached hydrogens (tertiary/aromatic N) is 2. The highest BCUT2D eigenvalue weighted by Crippen LogP contribution is 2.41. The topological polar surface area (TPSA) is 56.8 Å². The van der Waals surface area contributed by atoms with Crippen LogP contribution in [0, 0.1) is 22.7 Å². The molecular formula is C8H12Cl2N2OSi. The average molecular weight is 251 g/mol. The first-order valence-corrected chi connectivity index (χ1v) is 7.76. The van der Waals surface area contributed by atoms with E-state index >= 15 is 0 Å². The van der Waals surface area contributed by atoms with Crippen LogP contribution in [0.2, 0.25) is 11.1 Å². The van der Waals surface area contributed by atoms with Gasteiger partial charge in [0.15, 0.2) is 0 Å². The predicted octanol–water partition coefficient (Wildman–Crippen LogP) is 3.45. The second kappa shape index (κ2) is 6.26. The molecular weight excluding hydrogens is 239 g/mol. The molecule has 0 aromatic carbocycles. The van der Waals surface area contributed by atoms with Gasteiger partial charge in [-0.05, 0) is 12.8 Å². The largest absolute Gasteiger partial charge is 0.346 e. The molecule has 2 atom stereocenters. The minimum atomic E-state index is -2.97. The van der Waals surface area contributed by atoms with Crippen LogP contribution in [0.1, 0.15) is 26.7 Å². The van der Waals surface area contributed by atoms with Crippen LogP contribution in [0.15, 0.2) is 0 Å². The van der Waals surface area contributed by atoms with Gasteiger partial charge >= 0.3 is 7.63 Å². The van der Waals surface area contributed by atoms with Crippen molar-refractivity contribution in [3.05, 3.63) is 0 Å². The summed E-state index contributed by atoms with van der Waals surface area (Å²) in [4.78, 5) is 0. The second-order valence-electron chi connectivity index (χ2n) is 2.95. The van der Waals surface area contributed by atoms with Gasteiger partial charge in [-0.25, -0.2) is 0 Å². The van der Waals surface area contributed by atoms with E-state index in [1.54, 1.807) is 0 Å². The molecule has 14 heavy (non-hydrogen) atoms. The van der Waals surface area contributed by atoms with Crippen molar-refractivity contribution in [2.75, 3.05) is 0 Å². The number of halogens is 2. The molecule has 6 heteroatoms. The highest BCUT2D eigenvalue weighted by atomic mass is 35.6. The number of nitriles is 2. The number of hydrogen-bond donors (Lipinski definition) is 0. The minimum Gasteiger partial charge on any atom is -0.303 e. The van der Waals surface area contributed by atoms with E-state index in [2.05, 4.69) is 12.1 Å². The Morgan fingerprint density at radius 2 is 1.57 bits per heavy atom. The first-order valence-electron chi connectivity index (χ1n) is 4.38. The SMILES string of the molecule is CCC(C#N)[Si](Cl)(OCl)C(C#N)CC. The van der Waals surface area contributed by atoms with Crippen molar-refractivity contribution in [3.63, 3.8) is 0 Å². The Morgan fingerprint density at radius 3 is 1.71 bits per heavy atom. The Kier molecular flexibility index (Phi) is 6.15. The fraction of sp³-hybridized carbons (Fsp3) is 0.750. The molecule has 0 aliphatic rings. The molecule has 0 aromatic rings. The van der Waals surface area contributed by atoms with Crippen molar-refractivity contribution < 1.29 is 3.98 Å². The van der Waals surface area contributed by atoms with Gasteiger partial charge in [0.05, 0.1) is 35.1 Å². The van der Waals surface area contributed by atoms with E-state index in [1.807, 2.05) is 13.8 Å². The highest BCUT2D eigenvalue weighted by molar-refractivity contribution is 7.19. The summed E-state index contributed by atoms with van der Waals surface area (Å²) in [7, 11) is -2.97. The van der Waals surface area contributed by atoms with Crippen molar-refractivity contribution in [1.29, 1.82) is 10.5 Å². The minimum absolute atomic E-state index is 0.453. The first kappa shape index (κ1) is 13.7. The highest BCUT2D eigenvalue weighted by Gasteiger charge is 2.49. The van der Waals surface area contributed by atoms with Gasteiger partial charge in [0, 0.05) is 0 Å². The van der Waals surface area contributed by atoms with Crippen LogP contribution < -0.4 is 0 Å². The molecule has 0 spiro atoms. The summed E-state index contributed by atoms with van der Waals surface area (Å²) in [6, 6.07) is 4.12. The zero-order valence-corrected chi connectivity index (χ0v) is 10.6. The van der Waals surface area contributed by atoms with Crippen molar-refractivity contribution >= 4 is 30.6 Å². The van der Waals surface area contributed by atoms with Gasteiger partial charge in [-0.1, -0.05) is 13.8 Å². The van der Waals surface area contributed by atoms with Crippen LogP contribution in [-0.4, -0.2) is 7.63 Å². The Morgan fingerprint density at radius 1 is 1.21 bits per heavy atom. The Bertz CT molecular complexity index is 239. The van der Waals surface area contributed by atoms with Crippen molar-refractivity contribution in [2.45, 2.75) is 37.8 Å². The molecule has 0 saturated heterocycles. The molecule has 3 nitrogen and oxygen atoms in total. The smallest absolute Gasteiger partial charge is 0.303 e. The van der Waals surface area contributed by atoms with E-state index in [1.165, 1.54) is 0 Å². The third-order valence-electron chi connectivity index (χ3n) is 2.20. The van der Waals surface area contributed by atoms with Gasteiger partial charge in [-0.3, -0.25) is 0 Å². The molecule has 0 amide bonds. The molecule has 0 N–H and O–H groups in total. The average Bonchev–Trinajstić information content (AvgIpc) is 2.21. The molecule has 0 bridgehead atoms. The summed E-state index contributed by atoms with van der Waals surface area (Å²) in [5.41, 5.74) is -0.905. The fourth-order valence-corrected chi connectivity index (χ4v) is 5.30. The molecule has 0 aromatic heterocycles. The number of rotatable bonds is 5. The van der Waals surface area contributed by atoms with E-state index in [9.17, 15) is 0 Å². The van der Waals surface area contributed by atoms with Gasteiger partial charge < -0.3 is 3.98 Å². The van der Waals surface area contributed by atoms with Gasteiger partial charge in [0.1, 0.15) is 0 Å². The van der Waals surface area contributed by atoms with Crippen LogP contribution in [0.4, 0.5) is 0 Å². The summed E-state index contributed by atoms with van der Waals surface area (Å²) in [6.07, 6.45) is 1.11. The molecule has 0 fully saturated rings. The predicted molar refractivity (Wildman–Crippen MR) is 57.9 cm³/mol. The summed E-state index contributed by atoms with van der Waals surface area (Å²) in [5.74, 6) is 0. The molecule has 0 saturated carbocycles.